The van der Waals surface area contributed by atoms with E-state index in [2.05, 4.69) is 22.4 Å². The van der Waals surface area contributed by atoms with Gasteiger partial charge in [-0.05, 0) is 51.3 Å². The van der Waals surface area contributed by atoms with Gasteiger partial charge in [0.1, 0.15) is 0 Å². The summed E-state index contributed by atoms with van der Waals surface area (Å²) in [5.41, 5.74) is 1.16. The number of halogens is 2. The zero-order valence-corrected chi connectivity index (χ0v) is 15.6. The van der Waals surface area contributed by atoms with Crippen LogP contribution in [0.1, 0.15) is 37.4 Å². The predicted octanol–water partition coefficient (Wildman–Crippen LogP) is 2.49. The third-order valence-corrected chi connectivity index (χ3v) is 5.87. The predicted molar refractivity (Wildman–Crippen MR) is 95.0 cm³/mol. The summed E-state index contributed by atoms with van der Waals surface area (Å²) < 4.78 is 27.4. The molecule has 0 unspecified atom stereocenters. The van der Waals surface area contributed by atoms with Crippen LogP contribution in [0, 0.1) is 11.8 Å². The summed E-state index contributed by atoms with van der Waals surface area (Å²) in [6.07, 6.45) is 2.45. The van der Waals surface area contributed by atoms with Crippen molar-refractivity contribution >= 4 is 6.03 Å². The van der Waals surface area contributed by atoms with Crippen molar-refractivity contribution in [3.05, 3.63) is 18.0 Å². The number of carbonyl (C=O) groups excluding carboxylic acids is 1. The first-order chi connectivity index (χ1) is 12.5. The second-order valence-electron chi connectivity index (χ2n) is 7.55. The Hall–Kier alpha value is -1.70. The average Bonchev–Trinajstić information content (AvgIpc) is 3.05. The highest BCUT2D eigenvalue weighted by molar-refractivity contribution is 5.74. The van der Waals surface area contributed by atoms with Crippen molar-refractivity contribution in [2.24, 2.45) is 18.9 Å². The van der Waals surface area contributed by atoms with Crippen molar-refractivity contribution in [2.75, 3.05) is 33.2 Å². The first-order valence-electron chi connectivity index (χ1n) is 9.46. The lowest BCUT2D eigenvalue weighted by molar-refractivity contribution is 0.0415. The summed E-state index contributed by atoms with van der Waals surface area (Å²) in [6, 6.07) is 2.13. The number of rotatable bonds is 4. The number of hydrogen-bond acceptors (Lipinski definition) is 3. The van der Waals surface area contributed by atoms with Gasteiger partial charge in [0.2, 0.25) is 6.43 Å². The van der Waals surface area contributed by atoms with E-state index in [4.69, 9.17) is 0 Å². The quantitative estimate of drug-likeness (QED) is 0.887. The Kier molecular flexibility index (Phi) is 6.11. The lowest BCUT2D eigenvalue weighted by Gasteiger charge is -2.39. The number of aromatic nitrogens is 2. The van der Waals surface area contributed by atoms with Crippen molar-refractivity contribution in [1.82, 2.24) is 24.9 Å². The van der Waals surface area contributed by atoms with E-state index in [0.29, 0.717) is 38.4 Å². The lowest BCUT2D eigenvalue weighted by Crippen LogP contribution is -2.48. The van der Waals surface area contributed by atoms with Crippen LogP contribution in [0.25, 0.3) is 0 Å². The van der Waals surface area contributed by atoms with E-state index < -0.39 is 12.3 Å². The molecule has 2 atom stereocenters. The Morgan fingerprint density at radius 2 is 2.00 bits per heavy atom. The van der Waals surface area contributed by atoms with Crippen molar-refractivity contribution < 1.29 is 13.6 Å². The third-order valence-electron chi connectivity index (χ3n) is 5.87. The maximum atomic E-state index is 12.8. The first kappa shape index (κ1) is 19.1. The molecule has 0 spiro atoms. The summed E-state index contributed by atoms with van der Waals surface area (Å²) in [5, 5.41) is 7.33. The van der Waals surface area contributed by atoms with E-state index in [1.54, 1.807) is 11.1 Å². The van der Waals surface area contributed by atoms with Crippen molar-refractivity contribution in [1.29, 1.82) is 0 Å². The fourth-order valence-corrected chi connectivity index (χ4v) is 4.30. The number of hydrogen-bond donors (Lipinski definition) is 1. The van der Waals surface area contributed by atoms with E-state index in [0.717, 1.165) is 25.1 Å². The van der Waals surface area contributed by atoms with Gasteiger partial charge in [0.15, 0.2) is 0 Å². The molecule has 3 heterocycles. The molecule has 2 saturated heterocycles. The Bertz CT molecular complexity index is 600. The topological polar surface area (TPSA) is 53.4 Å². The summed E-state index contributed by atoms with van der Waals surface area (Å²) >= 11 is 0. The standard InChI is InChI=1S/C18H29F2N5O/c1-23-9-3-4-14(16(23)15-5-8-22-24(15)2)12-21-18(26)25-10-6-13(7-11-25)17(19)20/h5,8,13-14,16-17H,3-4,6-7,9-12H2,1-2H3,(H,21,26)/t14-,16+/m0/s1. The van der Waals surface area contributed by atoms with Crippen LogP contribution < -0.4 is 5.32 Å². The number of aryl methyl sites for hydroxylation is 1. The van der Waals surface area contributed by atoms with Gasteiger partial charge >= 0.3 is 6.03 Å². The Morgan fingerprint density at radius 3 is 2.62 bits per heavy atom. The molecular weight excluding hydrogens is 340 g/mol. The zero-order valence-electron chi connectivity index (χ0n) is 15.6. The molecule has 0 radical (unpaired) electrons. The molecule has 2 aliphatic rings. The van der Waals surface area contributed by atoms with Gasteiger partial charge in [-0.3, -0.25) is 9.58 Å². The van der Waals surface area contributed by atoms with Gasteiger partial charge < -0.3 is 10.2 Å². The Balaban J connectivity index is 1.56. The van der Waals surface area contributed by atoms with E-state index in [1.807, 2.05) is 17.8 Å². The minimum atomic E-state index is -2.28. The molecule has 0 aliphatic carbocycles. The fourth-order valence-electron chi connectivity index (χ4n) is 4.30. The van der Waals surface area contributed by atoms with Crippen LogP contribution in [-0.4, -0.2) is 65.3 Å². The van der Waals surface area contributed by atoms with Gasteiger partial charge in [0.25, 0.3) is 0 Å². The van der Waals surface area contributed by atoms with Gasteiger partial charge in [-0.25, -0.2) is 13.6 Å². The molecule has 2 aliphatic heterocycles. The summed E-state index contributed by atoms with van der Waals surface area (Å²) in [6.45, 7) is 2.45. The molecule has 2 amide bonds. The van der Waals surface area contributed by atoms with Crippen LogP contribution in [0.5, 0.6) is 0 Å². The Labute approximate surface area is 153 Å². The first-order valence-corrected chi connectivity index (χ1v) is 9.46. The smallest absolute Gasteiger partial charge is 0.317 e. The average molecular weight is 369 g/mol. The number of likely N-dealkylation sites (tertiary alicyclic amines) is 2. The van der Waals surface area contributed by atoms with Crippen LogP contribution in [-0.2, 0) is 7.05 Å². The molecule has 0 saturated carbocycles. The normalized spacial score (nSPS) is 25.7. The van der Waals surface area contributed by atoms with E-state index >= 15 is 0 Å². The highest BCUT2D eigenvalue weighted by atomic mass is 19.3. The SMILES string of the molecule is CN1CCC[C@@H](CNC(=O)N2CCC(C(F)F)CC2)[C@@H]1c1ccnn1C. The minimum Gasteiger partial charge on any atom is -0.338 e. The molecule has 2 fully saturated rings. The van der Waals surface area contributed by atoms with Crippen LogP contribution in [0.4, 0.5) is 13.6 Å². The lowest BCUT2D eigenvalue weighted by atomic mass is 9.87. The molecule has 0 bridgehead atoms. The van der Waals surface area contributed by atoms with Gasteiger partial charge in [0, 0.05) is 38.8 Å². The molecule has 6 nitrogen and oxygen atoms in total. The van der Waals surface area contributed by atoms with E-state index in [9.17, 15) is 13.6 Å². The van der Waals surface area contributed by atoms with Gasteiger partial charge in [-0.15, -0.1) is 0 Å². The third kappa shape index (κ3) is 4.16. The van der Waals surface area contributed by atoms with Crippen LogP contribution in [0.15, 0.2) is 12.3 Å². The molecule has 3 rings (SSSR count). The molecule has 1 aromatic rings. The number of nitrogens with one attached hydrogen (secondary N) is 1. The summed E-state index contributed by atoms with van der Waals surface area (Å²) in [7, 11) is 4.06. The van der Waals surface area contributed by atoms with Crippen LogP contribution in [0.2, 0.25) is 0 Å². The molecule has 0 aromatic carbocycles. The largest absolute Gasteiger partial charge is 0.338 e. The number of urea groups is 1. The second-order valence-corrected chi connectivity index (χ2v) is 7.55. The van der Waals surface area contributed by atoms with Gasteiger partial charge in [-0.2, -0.15) is 5.10 Å². The summed E-state index contributed by atoms with van der Waals surface area (Å²) in [4.78, 5) is 16.5. The number of alkyl halides is 2. The molecule has 1 N–H and O–H groups in total. The highest BCUT2D eigenvalue weighted by Crippen LogP contribution is 2.34. The van der Waals surface area contributed by atoms with Crippen molar-refractivity contribution in [3.8, 4) is 0 Å². The van der Waals surface area contributed by atoms with Crippen molar-refractivity contribution in [3.63, 3.8) is 0 Å². The monoisotopic (exact) mass is 369 g/mol. The second kappa shape index (κ2) is 8.33. The summed E-state index contributed by atoms with van der Waals surface area (Å²) in [5.74, 6) is -0.257. The van der Waals surface area contributed by atoms with Gasteiger partial charge in [-0.1, -0.05) is 0 Å². The van der Waals surface area contributed by atoms with Crippen molar-refractivity contribution in [2.45, 2.75) is 38.2 Å². The van der Waals surface area contributed by atoms with Crippen LogP contribution in [0.3, 0.4) is 0 Å². The number of nitrogens with zero attached hydrogens (tertiary/aromatic N) is 4. The molecule has 26 heavy (non-hydrogen) atoms. The number of piperidine rings is 2. The molecule has 146 valence electrons. The minimum absolute atomic E-state index is 0.130. The molecule has 1 aromatic heterocycles. The van der Waals surface area contributed by atoms with E-state index in [1.165, 1.54) is 0 Å². The molecule has 8 heteroatoms. The fraction of sp³-hybridized carbons (Fsp3) is 0.778. The van der Waals surface area contributed by atoms with Crippen LogP contribution >= 0.6 is 0 Å². The molecular formula is C18H29F2N5O. The highest BCUT2D eigenvalue weighted by Gasteiger charge is 2.33. The zero-order chi connectivity index (χ0) is 18.7. The Morgan fingerprint density at radius 1 is 1.27 bits per heavy atom. The maximum Gasteiger partial charge on any atom is 0.317 e. The maximum absolute atomic E-state index is 12.8. The van der Waals surface area contributed by atoms with E-state index in [-0.39, 0.29) is 12.1 Å². The number of carbonyl (C=O) groups is 1. The van der Waals surface area contributed by atoms with Gasteiger partial charge in [0.05, 0.1) is 11.7 Å². The number of amides is 2.